The Kier molecular flexibility index (Phi) is 4.79. The third-order valence-corrected chi connectivity index (χ3v) is 3.98. The number of amides is 2. The number of nitrogens with zero attached hydrogens (tertiary/aromatic N) is 2. The lowest BCUT2D eigenvalue weighted by Gasteiger charge is -2.12. The molecule has 0 bridgehead atoms. The molecule has 138 valence electrons. The van der Waals surface area contributed by atoms with Crippen molar-refractivity contribution in [2.45, 2.75) is 6.42 Å². The first kappa shape index (κ1) is 18.0. The van der Waals surface area contributed by atoms with Gasteiger partial charge < -0.3 is 9.72 Å². The highest BCUT2D eigenvalue weighted by Gasteiger charge is 2.40. The highest BCUT2D eigenvalue weighted by atomic mass is 16.6. The molecule has 2 aromatic rings. The minimum Gasteiger partial charge on any atom is -0.457 e. The third-order valence-electron chi connectivity index (χ3n) is 3.98. The van der Waals surface area contributed by atoms with Crippen molar-refractivity contribution >= 4 is 29.3 Å². The van der Waals surface area contributed by atoms with Crippen LogP contribution in [0.2, 0.25) is 0 Å². The topological polar surface area (TPSA) is 140 Å². The monoisotopic (exact) mass is 371 g/mol. The van der Waals surface area contributed by atoms with Crippen LogP contribution in [-0.4, -0.2) is 51.5 Å². The Morgan fingerprint density at radius 2 is 1.93 bits per heavy atom. The number of nitrogens with one attached hydrogen (secondary N) is 1. The fraction of sp³-hybridized carbons (Fsp3) is 0.176. The predicted octanol–water partition coefficient (Wildman–Crippen LogP) is 1.34. The largest absolute Gasteiger partial charge is 0.457 e. The first-order valence-electron chi connectivity index (χ1n) is 7.86. The van der Waals surface area contributed by atoms with E-state index in [0.717, 1.165) is 11.0 Å². The zero-order valence-corrected chi connectivity index (χ0v) is 13.8. The van der Waals surface area contributed by atoms with E-state index in [-0.39, 0.29) is 29.8 Å². The normalized spacial score (nSPS) is 12.8. The molecule has 1 N–H and O–H groups in total. The minimum atomic E-state index is -0.836. The van der Waals surface area contributed by atoms with E-state index < -0.39 is 40.8 Å². The molecule has 0 saturated carbocycles. The summed E-state index contributed by atoms with van der Waals surface area (Å²) < 4.78 is 4.83. The van der Waals surface area contributed by atoms with Crippen LogP contribution in [0, 0.1) is 10.1 Å². The number of Topliss-reactive ketones (excluding diaryl/α,β-unsaturated/α-hetero) is 1. The van der Waals surface area contributed by atoms with Crippen LogP contribution in [0.5, 0.6) is 0 Å². The molecule has 3 rings (SSSR count). The van der Waals surface area contributed by atoms with Crippen LogP contribution in [-0.2, 0) is 9.53 Å². The molecule has 2 amide bonds. The van der Waals surface area contributed by atoms with E-state index in [1.54, 1.807) is 12.3 Å². The number of benzene rings is 1. The van der Waals surface area contributed by atoms with Crippen molar-refractivity contribution in [3.05, 3.63) is 63.5 Å². The third kappa shape index (κ3) is 3.45. The van der Waals surface area contributed by atoms with E-state index in [1.807, 2.05) is 0 Å². The van der Waals surface area contributed by atoms with Crippen molar-refractivity contribution in [2.75, 3.05) is 13.2 Å². The Morgan fingerprint density at radius 1 is 1.15 bits per heavy atom. The first-order valence-corrected chi connectivity index (χ1v) is 7.86. The number of rotatable bonds is 7. The Bertz CT molecular complexity index is 949. The molecule has 10 nitrogen and oxygen atoms in total. The molecule has 1 aromatic heterocycles. The van der Waals surface area contributed by atoms with Crippen molar-refractivity contribution in [2.24, 2.45) is 0 Å². The summed E-state index contributed by atoms with van der Waals surface area (Å²) in [6, 6.07) is 6.91. The summed E-state index contributed by atoms with van der Waals surface area (Å²) in [6.07, 6.45) is 1.22. The number of fused-ring (bicyclic) bond motifs is 1. The number of nitro groups is 1. The molecular weight excluding hydrogens is 358 g/mol. The standard InChI is InChI=1S/C17H13N3O7/c21-13(11-4-2-7-18-11)9-27-14(22)6-8-19-16(23)10-3-1-5-12(20(25)26)15(10)17(19)24/h1-5,7,18H,6,8-9H2. The van der Waals surface area contributed by atoms with Gasteiger partial charge in [-0.3, -0.25) is 34.2 Å². The summed E-state index contributed by atoms with van der Waals surface area (Å²) in [6.45, 7) is -0.786. The molecule has 0 unspecified atom stereocenters. The van der Waals surface area contributed by atoms with Crippen LogP contribution in [0.1, 0.15) is 37.6 Å². The average Bonchev–Trinajstić information content (AvgIpc) is 3.26. The van der Waals surface area contributed by atoms with E-state index >= 15 is 0 Å². The van der Waals surface area contributed by atoms with Crippen molar-refractivity contribution in [3.8, 4) is 0 Å². The zero-order chi connectivity index (χ0) is 19.6. The van der Waals surface area contributed by atoms with Gasteiger partial charge in [0.2, 0.25) is 5.78 Å². The minimum absolute atomic E-state index is 0.0792. The molecule has 10 heteroatoms. The van der Waals surface area contributed by atoms with Gasteiger partial charge in [-0.25, -0.2) is 0 Å². The van der Waals surface area contributed by atoms with Gasteiger partial charge in [-0.05, 0) is 18.2 Å². The number of carbonyl (C=O) groups is 4. The molecule has 1 aliphatic heterocycles. The van der Waals surface area contributed by atoms with E-state index in [2.05, 4.69) is 4.98 Å². The number of aromatic amines is 1. The van der Waals surface area contributed by atoms with E-state index in [1.165, 1.54) is 18.2 Å². The second-order valence-corrected chi connectivity index (χ2v) is 5.64. The van der Waals surface area contributed by atoms with Gasteiger partial charge >= 0.3 is 5.97 Å². The van der Waals surface area contributed by atoms with Gasteiger partial charge in [0, 0.05) is 18.8 Å². The lowest BCUT2D eigenvalue weighted by atomic mass is 10.1. The van der Waals surface area contributed by atoms with Gasteiger partial charge in [0.05, 0.1) is 22.6 Å². The van der Waals surface area contributed by atoms with Crippen molar-refractivity contribution in [3.63, 3.8) is 0 Å². The van der Waals surface area contributed by atoms with Gasteiger partial charge in [-0.1, -0.05) is 6.07 Å². The molecule has 0 fully saturated rings. The number of H-pyrrole nitrogens is 1. The zero-order valence-electron chi connectivity index (χ0n) is 13.8. The quantitative estimate of drug-likeness (QED) is 0.255. The highest BCUT2D eigenvalue weighted by molar-refractivity contribution is 6.23. The number of ether oxygens (including phenoxy) is 1. The number of hydrogen-bond acceptors (Lipinski definition) is 7. The second kappa shape index (κ2) is 7.20. The molecule has 1 aliphatic rings. The number of carbonyl (C=O) groups excluding carboxylic acids is 4. The van der Waals surface area contributed by atoms with Crippen LogP contribution >= 0.6 is 0 Å². The molecule has 1 aromatic carbocycles. The van der Waals surface area contributed by atoms with Gasteiger partial charge in [-0.2, -0.15) is 0 Å². The van der Waals surface area contributed by atoms with Gasteiger partial charge in [-0.15, -0.1) is 0 Å². The van der Waals surface area contributed by atoms with E-state index in [0.29, 0.717) is 0 Å². The van der Waals surface area contributed by atoms with Crippen LogP contribution in [0.25, 0.3) is 0 Å². The summed E-state index contributed by atoms with van der Waals surface area (Å²) in [5.74, 6) is -2.75. The molecule has 0 aliphatic carbocycles. The molecule has 27 heavy (non-hydrogen) atoms. The van der Waals surface area contributed by atoms with Crippen LogP contribution in [0.15, 0.2) is 36.5 Å². The fourth-order valence-electron chi connectivity index (χ4n) is 2.67. The molecule has 2 heterocycles. The summed E-state index contributed by atoms with van der Waals surface area (Å²) in [4.78, 5) is 61.9. The molecule has 0 radical (unpaired) electrons. The lowest BCUT2D eigenvalue weighted by molar-refractivity contribution is -0.385. The first-order chi connectivity index (χ1) is 12.9. The smallest absolute Gasteiger partial charge is 0.308 e. The van der Waals surface area contributed by atoms with E-state index in [4.69, 9.17) is 4.74 Å². The van der Waals surface area contributed by atoms with Crippen molar-refractivity contribution in [1.82, 2.24) is 9.88 Å². The summed E-state index contributed by atoms with van der Waals surface area (Å²) in [5.41, 5.74) is -0.546. The second-order valence-electron chi connectivity index (χ2n) is 5.64. The van der Waals surface area contributed by atoms with Gasteiger partial charge in [0.15, 0.2) is 6.61 Å². The molecule has 0 saturated heterocycles. The summed E-state index contributed by atoms with van der Waals surface area (Å²) in [7, 11) is 0. The average molecular weight is 371 g/mol. The lowest BCUT2D eigenvalue weighted by Crippen LogP contribution is -2.32. The highest BCUT2D eigenvalue weighted by Crippen LogP contribution is 2.30. The van der Waals surface area contributed by atoms with Crippen molar-refractivity contribution < 1.29 is 28.8 Å². The van der Waals surface area contributed by atoms with Crippen LogP contribution in [0.4, 0.5) is 5.69 Å². The fourth-order valence-corrected chi connectivity index (χ4v) is 2.67. The van der Waals surface area contributed by atoms with Gasteiger partial charge in [0.25, 0.3) is 17.5 Å². The maximum atomic E-state index is 12.4. The van der Waals surface area contributed by atoms with E-state index in [9.17, 15) is 29.3 Å². The Hall–Kier alpha value is -3.82. The number of esters is 1. The Balaban J connectivity index is 1.60. The predicted molar refractivity (Wildman–Crippen MR) is 89.2 cm³/mol. The maximum absolute atomic E-state index is 12.4. The molecule has 0 atom stereocenters. The SMILES string of the molecule is O=C(CCN1C(=O)c2cccc([N+](=O)[O-])c2C1=O)OCC(=O)c1ccc[nH]1. The Morgan fingerprint density at radius 3 is 2.59 bits per heavy atom. The van der Waals surface area contributed by atoms with Crippen molar-refractivity contribution in [1.29, 1.82) is 0 Å². The molecular formula is C17H13N3O7. The Labute approximate surface area is 151 Å². The maximum Gasteiger partial charge on any atom is 0.308 e. The number of nitro benzene ring substituents is 1. The number of ketones is 1. The molecule has 0 spiro atoms. The summed E-state index contributed by atoms with van der Waals surface area (Å²) in [5, 5.41) is 11.0. The number of imide groups is 1. The summed E-state index contributed by atoms with van der Waals surface area (Å²) >= 11 is 0. The van der Waals surface area contributed by atoms with Crippen LogP contribution in [0.3, 0.4) is 0 Å². The number of aromatic nitrogens is 1. The van der Waals surface area contributed by atoms with Crippen LogP contribution < -0.4 is 0 Å². The van der Waals surface area contributed by atoms with Gasteiger partial charge in [0.1, 0.15) is 5.56 Å². The number of hydrogen-bond donors (Lipinski definition) is 1.